The number of aryl methyl sites for hydroxylation is 1. The normalized spacial score (nSPS) is 10.1. The summed E-state index contributed by atoms with van der Waals surface area (Å²) in [5.41, 5.74) is 0.454. The molecule has 0 aliphatic heterocycles. The van der Waals surface area contributed by atoms with Crippen LogP contribution in [-0.4, -0.2) is 47.1 Å². The van der Waals surface area contributed by atoms with Crippen molar-refractivity contribution in [3.05, 3.63) is 17.5 Å². The molecule has 0 aliphatic carbocycles. The van der Waals surface area contributed by atoms with E-state index in [9.17, 15) is 9.59 Å². The van der Waals surface area contributed by atoms with Gasteiger partial charge in [-0.05, 0) is 13.3 Å². The fourth-order valence-electron chi connectivity index (χ4n) is 1.59. The topological polar surface area (TPSA) is 95.4 Å². The Labute approximate surface area is 111 Å². The van der Waals surface area contributed by atoms with E-state index in [0.717, 1.165) is 6.42 Å². The molecule has 1 aromatic rings. The molecule has 0 saturated carbocycles. The van der Waals surface area contributed by atoms with E-state index < -0.39 is 5.97 Å². The second-order valence-corrected chi connectivity index (χ2v) is 4.07. The van der Waals surface area contributed by atoms with Crippen LogP contribution in [0.15, 0.2) is 6.20 Å². The summed E-state index contributed by atoms with van der Waals surface area (Å²) in [5, 5.41) is 11.5. The predicted octanol–water partition coefficient (Wildman–Crippen LogP) is 0.446. The predicted molar refractivity (Wildman–Crippen MR) is 70.3 cm³/mol. The molecular formula is C12H18N4O3. The van der Waals surface area contributed by atoms with Crippen molar-refractivity contribution >= 4 is 17.8 Å². The van der Waals surface area contributed by atoms with E-state index >= 15 is 0 Å². The van der Waals surface area contributed by atoms with Crippen LogP contribution in [0.4, 0.5) is 5.95 Å². The van der Waals surface area contributed by atoms with Gasteiger partial charge in [0.2, 0.25) is 11.9 Å². The third-order valence-electron chi connectivity index (χ3n) is 2.59. The lowest BCUT2D eigenvalue weighted by Crippen LogP contribution is -2.37. The summed E-state index contributed by atoms with van der Waals surface area (Å²) in [6, 6.07) is 0. The molecule has 1 amide bonds. The second-order valence-electron chi connectivity index (χ2n) is 4.07. The van der Waals surface area contributed by atoms with Crippen LogP contribution in [0.2, 0.25) is 0 Å². The zero-order valence-electron chi connectivity index (χ0n) is 11.3. The lowest BCUT2D eigenvalue weighted by Gasteiger charge is -2.21. The highest BCUT2D eigenvalue weighted by Crippen LogP contribution is 2.11. The van der Waals surface area contributed by atoms with E-state index in [0.29, 0.717) is 18.2 Å². The standard InChI is InChI=1S/C12H18N4O3/c1-4-5-16(7-10(17)13-3)12-14-6-9(11(18)19)8(2)15-12/h6H,4-5,7H2,1-3H3,(H,13,17)(H,18,19). The van der Waals surface area contributed by atoms with E-state index in [4.69, 9.17) is 5.11 Å². The van der Waals surface area contributed by atoms with E-state index in [1.165, 1.54) is 6.20 Å². The number of rotatable bonds is 6. The molecule has 1 heterocycles. The van der Waals surface area contributed by atoms with Crippen LogP contribution >= 0.6 is 0 Å². The first-order chi connectivity index (χ1) is 8.99. The van der Waals surface area contributed by atoms with Crippen molar-refractivity contribution in [2.45, 2.75) is 20.3 Å². The second kappa shape index (κ2) is 6.67. The summed E-state index contributed by atoms with van der Waals surface area (Å²) < 4.78 is 0. The zero-order valence-corrected chi connectivity index (χ0v) is 11.3. The van der Waals surface area contributed by atoms with Crippen LogP contribution in [0.3, 0.4) is 0 Å². The Bertz CT molecular complexity index is 476. The number of amides is 1. The minimum Gasteiger partial charge on any atom is -0.478 e. The van der Waals surface area contributed by atoms with Gasteiger partial charge in [-0.25, -0.2) is 14.8 Å². The van der Waals surface area contributed by atoms with Crippen molar-refractivity contribution in [1.82, 2.24) is 15.3 Å². The van der Waals surface area contributed by atoms with Gasteiger partial charge in [-0.1, -0.05) is 6.92 Å². The number of carboxylic acid groups (broad SMARTS) is 1. The van der Waals surface area contributed by atoms with Gasteiger partial charge in [-0.2, -0.15) is 0 Å². The lowest BCUT2D eigenvalue weighted by atomic mass is 10.2. The summed E-state index contributed by atoms with van der Waals surface area (Å²) in [7, 11) is 1.56. The number of likely N-dealkylation sites (N-methyl/N-ethyl adjacent to an activating group) is 1. The quantitative estimate of drug-likeness (QED) is 0.776. The Hall–Kier alpha value is -2.18. The van der Waals surface area contributed by atoms with E-state index in [-0.39, 0.29) is 18.0 Å². The molecule has 0 saturated heterocycles. The van der Waals surface area contributed by atoms with Gasteiger partial charge in [0, 0.05) is 19.8 Å². The largest absolute Gasteiger partial charge is 0.478 e. The van der Waals surface area contributed by atoms with Crippen LogP contribution in [-0.2, 0) is 4.79 Å². The number of carbonyl (C=O) groups excluding carboxylic acids is 1. The third kappa shape index (κ3) is 3.90. The molecular weight excluding hydrogens is 248 g/mol. The molecule has 1 aromatic heterocycles. The Morgan fingerprint density at radius 2 is 2.16 bits per heavy atom. The van der Waals surface area contributed by atoms with Crippen molar-refractivity contribution in [2.75, 3.05) is 25.0 Å². The summed E-state index contributed by atoms with van der Waals surface area (Å²) in [6.07, 6.45) is 2.10. The Balaban J connectivity index is 2.99. The molecule has 0 unspecified atom stereocenters. The zero-order chi connectivity index (χ0) is 14.4. The molecule has 7 nitrogen and oxygen atoms in total. The summed E-state index contributed by atoms with van der Waals surface area (Å²) in [5.74, 6) is -0.831. The molecule has 2 N–H and O–H groups in total. The van der Waals surface area contributed by atoms with Crippen molar-refractivity contribution < 1.29 is 14.7 Å². The Morgan fingerprint density at radius 1 is 1.47 bits per heavy atom. The van der Waals surface area contributed by atoms with Gasteiger partial charge >= 0.3 is 5.97 Å². The Kier molecular flexibility index (Phi) is 5.23. The van der Waals surface area contributed by atoms with Gasteiger partial charge in [-0.15, -0.1) is 0 Å². The first-order valence-electron chi connectivity index (χ1n) is 6.02. The molecule has 1 rings (SSSR count). The highest BCUT2D eigenvalue weighted by atomic mass is 16.4. The monoisotopic (exact) mass is 266 g/mol. The number of nitrogens with one attached hydrogen (secondary N) is 1. The van der Waals surface area contributed by atoms with Crippen molar-refractivity contribution in [2.24, 2.45) is 0 Å². The van der Waals surface area contributed by atoms with Crippen molar-refractivity contribution in [1.29, 1.82) is 0 Å². The van der Waals surface area contributed by atoms with Gasteiger partial charge in [0.1, 0.15) is 0 Å². The first kappa shape index (κ1) is 14.9. The van der Waals surface area contributed by atoms with E-state index in [2.05, 4.69) is 15.3 Å². The van der Waals surface area contributed by atoms with Crippen molar-refractivity contribution in [3.8, 4) is 0 Å². The van der Waals surface area contributed by atoms with Crippen LogP contribution in [0.1, 0.15) is 29.4 Å². The maximum atomic E-state index is 11.4. The van der Waals surface area contributed by atoms with Gasteiger partial charge in [-0.3, -0.25) is 4.79 Å². The number of hydrogen-bond acceptors (Lipinski definition) is 5. The Morgan fingerprint density at radius 3 is 2.63 bits per heavy atom. The van der Waals surface area contributed by atoms with Crippen molar-refractivity contribution in [3.63, 3.8) is 0 Å². The lowest BCUT2D eigenvalue weighted by molar-refractivity contribution is -0.119. The molecule has 7 heteroatoms. The van der Waals surface area contributed by atoms with Crippen LogP contribution in [0.5, 0.6) is 0 Å². The summed E-state index contributed by atoms with van der Waals surface area (Å²) in [4.78, 5) is 32.2. The summed E-state index contributed by atoms with van der Waals surface area (Å²) in [6.45, 7) is 4.36. The molecule has 19 heavy (non-hydrogen) atoms. The maximum absolute atomic E-state index is 11.4. The number of hydrogen-bond donors (Lipinski definition) is 2. The minimum absolute atomic E-state index is 0.0696. The van der Waals surface area contributed by atoms with Gasteiger partial charge in [0.25, 0.3) is 0 Å². The molecule has 0 aliphatic rings. The molecule has 0 fully saturated rings. The third-order valence-corrected chi connectivity index (χ3v) is 2.59. The number of nitrogens with zero attached hydrogens (tertiary/aromatic N) is 3. The smallest absolute Gasteiger partial charge is 0.339 e. The van der Waals surface area contributed by atoms with E-state index in [1.807, 2.05) is 6.92 Å². The number of anilines is 1. The maximum Gasteiger partial charge on any atom is 0.339 e. The molecule has 0 bridgehead atoms. The fraction of sp³-hybridized carbons (Fsp3) is 0.500. The van der Waals surface area contributed by atoms with E-state index in [1.54, 1.807) is 18.9 Å². The SMILES string of the molecule is CCCN(CC(=O)NC)c1ncc(C(=O)O)c(C)n1. The van der Waals surface area contributed by atoms with Crippen LogP contribution in [0.25, 0.3) is 0 Å². The minimum atomic E-state index is -1.06. The number of carbonyl (C=O) groups is 2. The first-order valence-corrected chi connectivity index (χ1v) is 6.02. The van der Waals surface area contributed by atoms with Crippen LogP contribution in [0, 0.1) is 6.92 Å². The molecule has 0 aromatic carbocycles. The molecule has 0 radical (unpaired) electrons. The summed E-state index contributed by atoms with van der Waals surface area (Å²) >= 11 is 0. The number of carboxylic acids is 1. The molecule has 104 valence electrons. The number of aromatic nitrogens is 2. The highest BCUT2D eigenvalue weighted by Gasteiger charge is 2.15. The average molecular weight is 266 g/mol. The van der Waals surface area contributed by atoms with Crippen LogP contribution < -0.4 is 10.2 Å². The average Bonchev–Trinajstić information content (AvgIpc) is 2.37. The van der Waals surface area contributed by atoms with Gasteiger partial charge in [0.15, 0.2) is 0 Å². The molecule has 0 atom stereocenters. The van der Waals surface area contributed by atoms with Gasteiger partial charge in [0.05, 0.1) is 17.8 Å². The highest BCUT2D eigenvalue weighted by molar-refractivity contribution is 5.88. The fourth-order valence-corrected chi connectivity index (χ4v) is 1.59. The molecule has 0 spiro atoms. The van der Waals surface area contributed by atoms with Gasteiger partial charge < -0.3 is 15.3 Å². The number of aromatic carboxylic acids is 1.